The quantitative estimate of drug-likeness (QED) is 0.627. The van der Waals surface area contributed by atoms with Gasteiger partial charge in [-0.15, -0.1) is 0 Å². The average Bonchev–Trinajstić information content (AvgIpc) is 2.39. The predicted octanol–water partition coefficient (Wildman–Crippen LogP) is 2.11. The molecule has 0 atom stereocenters. The zero-order valence-corrected chi connectivity index (χ0v) is 11.6. The maximum absolute atomic E-state index is 11.1. The molecule has 0 heterocycles. The van der Waals surface area contributed by atoms with Crippen molar-refractivity contribution in [3.05, 3.63) is 23.8 Å². The van der Waals surface area contributed by atoms with E-state index in [4.69, 9.17) is 10.8 Å². The van der Waals surface area contributed by atoms with E-state index in [-0.39, 0.29) is 5.56 Å². The fourth-order valence-corrected chi connectivity index (χ4v) is 2.03. The number of carboxylic acids is 1. The average molecular weight is 265 g/mol. The van der Waals surface area contributed by atoms with Gasteiger partial charge >= 0.3 is 5.97 Å². The summed E-state index contributed by atoms with van der Waals surface area (Å²) in [4.78, 5) is 13.4. The van der Waals surface area contributed by atoms with E-state index in [1.165, 1.54) is 0 Å². The number of hydrogen-bond acceptors (Lipinski definition) is 4. The highest BCUT2D eigenvalue weighted by Gasteiger charge is 2.12. The van der Waals surface area contributed by atoms with Crippen LogP contribution in [0.4, 0.5) is 11.4 Å². The first-order chi connectivity index (χ1) is 9.10. The first-order valence-corrected chi connectivity index (χ1v) is 6.68. The maximum Gasteiger partial charge on any atom is 0.337 e. The van der Waals surface area contributed by atoms with Gasteiger partial charge in [0, 0.05) is 13.1 Å². The van der Waals surface area contributed by atoms with E-state index in [2.05, 4.69) is 24.1 Å². The number of para-hydroxylation sites is 1. The number of rotatable bonds is 8. The molecule has 0 fully saturated rings. The molecule has 5 heteroatoms. The van der Waals surface area contributed by atoms with Crippen LogP contribution in [0.2, 0.25) is 0 Å². The Balaban J connectivity index is 2.64. The summed E-state index contributed by atoms with van der Waals surface area (Å²) in [5, 5.41) is 12.3. The minimum Gasteiger partial charge on any atom is -0.478 e. The fourth-order valence-electron chi connectivity index (χ4n) is 2.03. The highest BCUT2D eigenvalue weighted by Crippen LogP contribution is 2.23. The van der Waals surface area contributed by atoms with Gasteiger partial charge in [-0.2, -0.15) is 0 Å². The fraction of sp³-hybridized carbons (Fsp3) is 0.500. The van der Waals surface area contributed by atoms with Gasteiger partial charge < -0.3 is 21.1 Å². The van der Waals surface area contributed by atoms with Crippen LogP contribution in [0.15, 0.2) is 18.2 Å². The number of nitrogens with zero attached hydrogens (tertiary/aromatic N) is 1. The number of benzene rings is 1. The molecule has 0 aromatic heterocycles. The molecule has 1 aromatic carbocycles. The molecule has 19 heavy (non-hydrogen) atoms. The summed E-state index contributed by atoms with van der Waals surface area (Å²) < 4.78 is 0. The molecule has 0 radical (unpaired) electrons. The number of aromatic carboxylic acids is 1. The molecule has 4 N–H and O–H groups in total. The van der Waals surface area contributed by atoms with E-state index in [0.29, 0.717) is 17.9 Å². The van der Waals surface area contributed by atoms with Crippen molar-refractivity contribution in [2.75, 3.05) is 37.2 Å². The van der Waals surface area contributed by atoms with Crippen LogP contribution in [0.25, 0.3) is 0 Å². The van der Waals surface area contributed by atoms with Crippen molar-refractivity contribution >= 4 is 17.3 Å². The van der Waals surface area contributed by atoms with Gasteiger partial charge in [0.15, 0.2) is 0 Å². The molecule has 0 amide bonds. The highest BCUT2D eigenvalue weighted by atomic mass is 16.4. The number of nitrogens with one attached hydrogen (secondary N) is 1. The van der Waals surface area contributed by atoms with Crippen molar-refractivity contribution in [3.8, 4) is 0 Å². The van der Waals surface area contributed by atoms with Crippen molar-refractivity contribution in [1.82, 2.24) is 4.90 Å². The van der Waals surface area contributed by atoms with Crippen molar-refractivity contribution in [3.63, 3.8) is 0 Å². The standard InChI is InChI=1S/C14H23N3O2/c1-3-9-17(4-2)10-8-16-13-11(14(18)19)6-5-7-12(13)15/h5-7,16H,3-4,8-10,15H2,1-2H3,(H,18,19). The monoisotopic (exact) mass is 265 g/mol. The van der Waals surface area contributed by atoms with Crippen molar-refractivity contribution in [2.24, 2.45) is 0 Å². The predicted molar refractivity (Wildman–Crippen MR) is 78.7 cm³/mol. The van der Waals surface area contributed by atoms with Crippen LogP contribution in [0.5, 0.6) is 0 Å². The minimum atomic E-state index is -0.962. The lowest BCUT2D eigenvalue weighted by Crippen LogP contribution is -2.30. The Morgan fingerprint density at radius 1 is 1.37 bits per heavy atom. The summed E-state index contributed by atoms with van der Waals surface area (Å²) >= 11 is 0. The maximum atomic E-state index is 11.1. The topological polar surface area (TPSA) is 78.6 Å². The zero-order chi connectivity index (χ0) is 14.3. The Hall–Kier alpha value is -1.75. The number of anilines is 2. The van der Waals surface area contributed by atoms with Crippen LogP contribution in [-0.4, -0.2) is 42.2 Å². The molecule has 0 aliphatic carbocycles. The molecule has 1 rings (SSSR count). The number of likely N-dealkylation sites (N-methyl/N-ethyl adjacent to an activating group) is 1. The third kappa shape index (κ3) is 4.44. The van der Waals surface area contributed by atoms with E-state index in [9.17, 15) is 4.79 Å². The Morgan fingerprint density at radius 2 is 2.11 bits per heavy atom. The zero-order valence-electron chi connectivity index (χ0n) is 11.6. The Morgan fingerprint density at radius 3 is 2.68 bits per heavy atom. The molecule has 0 saturated heterocycles. The second kappa shape index (κ2) is 7.63. The molecule has 1 aromatic rings. The smallest absolute Gasteiger partial charge is 0.337 e. The van der Waals surface area contributed by atoms with Crippen LogP contribution in [0, 0.1) is 0 Å². The minimum absolute atomic E-state index is 0.221. The van der Waals surface area contributed by atoms with Crippen LogP contribution < -0.4 is 11.1 Å². The number of nitrogens with two attached hydrogens (primary N) is 1. The van der Waals surface area contributed by atoms with Crippen LogP contribution in [0.3, 0.4) is 0 Å². The van der Waals surface area contributed by atoms with Gasteiger partial charge in [-0.05, 0) is 31.6 Å². The lowest BCUT2D eigenvalue weighted by molar-refractivity contribution is 0.0698. The SMILES string of the molecule is CCCN(CC)CCNc1c(N)cccc1C(=O)O. The normalized spacial score (nSPS) is 10.7. The summed E-state index contributed by atoms with van der Waals surface area (Å²) in [6.07, 6.45) is 1.11. The third-order valence-electron chi connectivity index (χ3n) is 3.04. The first-order valence-electron chi connectivity index (χ1n) is 6.68. The van der Waals surface area contributed by atoms with Crippen LogP contribution in [-0.2, 0) is 0 Å². The number of hydrogen-bond donors (Lipinski definition) is 3. The van der Waals surface area contributed by atoms with Gasteiger partial charge in [0.05, 0.1) is 16.9 Å². The second-order valence-electron chi connectivity index (χ2n) is 4.44. The summed E-state index contributed by atoms with van der Waals surface area (Å²) in [5.74, 6) is -0.962. The molecule has 5 nitrogen and oxygen atoms in total. The van der Waals surface area contributed by atoms with Crippen molar-refractivity contribution in [1.29, 1.82) is 0 Å². The first kappa shape index (κ1) is 15.3. The molecule has 0 unspecified atom stereocenters. The number of carbonyl (C=O) groups is 1. The van der Waals surface area contributed by atoms with Gasteiger partial charge in [0.25, 0.3) is 0 Å². The summed E-state index contributed by atoms with van der Waals surface area (Å²) in [7, 11) is 0. The van der Waals surface area contributed by atoms with Gasteiger partial charge in [0.2, 0.25) is 0 Å². The lowest BCUT2D eigenvalue weighted by Gasteiger charge is -2.20. The van der Waals surface area contributed by atoms with E-state index in [0.717, 1.165) is 26.1 Å². The van der Waals surface area contributed by atoms with Crippen molar-refractivity contribution in [2.45, 2.75) is 20.3 Å². The highest BCUT2D eigenvalue weighted by molar-refractivity contribution is 5.97. The lowest BCUT2D eigenvalue weighted by atomic mass is 10.1. The molecular weight excluding hydrogens is 242 g/mol. The molecule has 0 aliphatic rings. The van der Waals surface area contributed by atoms with Gasteiger partial charge in [0.1, 0.15) is 0 Å². The van der Waals surface area contributed by atoms with E-state index in [1.54, 1.807) is 18.2 Å². The number of nitrogen functional groups attached to an aromatic ring is 1. The third-order valence-corrected chi connectivity index (χ3v) is 3.04. The molecule has 0 saturated carbocycles. The number of carboxylic acid groups (broad SMARTS) is 1. The van der Waals surface area contributed by atoms with Gasteiger partial charge in [-0.25, -0.2) is 4.79 Å². The molecule has 0 aliphatic heterocycles. The van der Waals surface area contributed by atoms with E-state index in [1.807, 2.05) is 0 Å². The Kier molecular flexibility index (Phi) is 6.15. The largest absolute Gasteiger partial charge is 0.478 e. The summed E-state index contributed by atoms with van der Waals surface area (Å²) in [6, 6.07) is 4.92. The second-order valence-corrected chi connectivity index (χ2v) is 4.44. The molecular formula is C14H23N3O2. The Bertz CT molecular complexity index is 421. The van der Waals surface area contributed by atoms with Crippen molar-refractivity contribution < 1.29 is 9.90 Å². The van der Waals surface area contributed by atoms with Crippen LogP contribution >= 0.6 is 0 Å². The van der Waals surface area contributed by atoms with Gasteiger partial charge in [-0.1, -0.05) is 19.9 Å². The van der Waals surface area contributed by atoms with E-state index < -0.39 is 5.97 Å². The summed E-state index contributed by atoms with van der Waals surface area (Å²) in [5.41, 5.74) is 7.04. The summed E-state index contributed by atoms with van der Waals surface area (Å²) in [6.45, 7) is 7.86. The Labute approximate surface area is 114 Å². The van der Waals surface area contributed by atoms with Crippen LogP contribution in [0.1, 0.15) is 30.6 Å². The van der Waals surface area contributed by atoms with E-state index >= 15 is 0 Å². The molecule has 0 bridgehead atoms. The molecule has 106 valence electrons. The van der Waals surface area contributed by atoms with Gasteiger partial charge in [-0.3, -0.25) is 0 Å². The molecule has 0 spiro atoms.